The third kappa shape index (κ3) is 2.13. The molecule has 1 amide bonds. The third-order valence-corrected chi connectivity index (χ3v) is 2.84. The molecular weight excluding hydrogens is 225 g/mol. The minimum absolute atomic E-state index is 0.268. The van der Waals surface area contributed by atoms with E-state index in [0.717, 1.165) is 0 Å². The lowest BCUT2D eigenvalue weighted by atomic mass is 10.1. The molecule has 1 atom stereocenters. The fraction of sp³-hybridized carbons (Fsp3) is 0.333. The Morgan fingerprint density at radius 1 is 1.47 bits per heavy atom. The minimum Gasteiger partial charge on any atom is -0.481 e. The minimum atomic E-state index is -1.12. The molecule has 1 fully saturated rings. The number of anilines is 1. The van der Waals surface area contributed by atoms with Gasteiger partial charge >= 0.3 is 5.97 Å². The van der Waals surface area contributed by atoms with E-state index in [1.54, 1.807) is 13.0 Å². The Kier molecular flexibility index (Phi) is 2.83. The molecule has 1 aromatic rings. The Balaban J connectivity index is 2.30. The van der Waals surface area contributed by atoms with Crippen LogP contribution in [-0.4, -0.2) is 23.5 Å². The highest BCUT2D eigenvalue weighted by Gasteiger charge is 2.37. The number of carboxylic acids is 1. The first-order valence-electron chi connectivity index (χ1n) is 5.30. The second-order valence-electron chi connectivity index (χ2n) is 4.16. The third-order valence-electron chi connectivity index (χ3n) is 2.84. The zero-order valence-corrected chi connectivity index (χ0v) is 9.31. The van der Waals surface area contributed by atoms with Crippen molar-refractivity contribution in [3.63, 3.8) is 0 Å². The van der Waals surface area contributed by atoms with Gasteiger partial charge in [0.15, 0.2) is 0 Å². The van der Waals surface area contributed by atoms with Crippen molar-refractivity contribution in [2.24, 2.45) is 5.92 Å². The zero-order chi connectivity index (χ0) is 12.6. The van der Waals surface area contributed by atoms with Gasteiger partial charge in [-0.05, 0) is 37.1 Å². The first-order chi connectivity index (χ1) is 7.99. The number of carbonyl (C=O) groups is 2. The fourth-order valence-corrected chi connectivity index (χ4v) is 2.04. The Labute approximate surface area is 97.7 Å². The summed E-state index contributed by atoms with van der Waals surface area (Å²) in [6.07, 6.45) is 0.268. The van der Waals surface area contributed by atoms with E-state index in [1.165, 1.54) is 17.0 Å². The molecule has 1 aliphatic heterocycles. The number of nitrogens with zero attached hydrogens (tertiary/aromatic N) is 1. The van der Waals surface area contributed by atoms with E-state index >= 15 is 0 Å². The van der Waals surface area contributed by atoms with E-state index in [1.807, 2.05) is 0 Å². The standard InChI is InChI=1S/C12H12FNO3/c1-7-4-8(13)6-9(5-7)14-3-2-10(11(14)15)12(16)17/h4-6,10H,2-3H2,1H3,(H,16,17). The molecule has 0 spiro atoms. The van der Waals surface area contributed by atoms with Crippen molar-refractivity contribution < 1.29 is 19.1 Å². The highest BCUT2D eigenvalue weighted by Crippen LogP contribution is 2.26. The number of halogens is 1. The van der Waals surface area contributed by atoms with Gasteiger partial charge in [0, 0.05) is 12.2 Å². The maximum atomic E-state index is 13.2. The first-order valence-corrected chi connectivity index (χ1v) is 5.30. The van der Waals surface area contributed by atoms with Crippen LogP contribution in [0.1, 0.15) is 12.0 Å². The van der Waals surface area contributed by atoms with Gasteiger partial charge in [-0.15, -0.1) is 0 Å². The average molecular weight is 237 g/mol. The Bertz CT molecular complexity index is 466. The normalized spacial score (nSPS) is 19.8. The number of aliphatic carboxylic acids is 1. The molecule has 1 aliphatic rings. The topological polar surface area (TPSA) is 57.6 Å². The summed E-state index contributed by atoms with van der Waals surface area (Å²) in [7, 11) is 0. The Hall–Kier alpha value is -1.91. The summed E-state index contributed by atoms with van der Waals surface area (Å²) in [6, 6.07) is 4.28. The number of carboxylic acid groups (broad SMARTS) is 1. The summed E-state index contributed by atoms with van der Waals surface area (Å²) in [5, 5.41) is 8.84. The van der Waals surface area contributed by atoms with E-state index < -0.39 is 23.6 Å². The number of aryl methyl sites for hydroxylation is 1. The quantitative estimate of drug-likeness (QED) is 0.794. The molecule has 0 aliphatic carbocycles. The van der Waals surface area contributed by atoms with E-state index in [9.17, 15) is 14.0 Å². The SMILES string of the molecule is Cc1cc(F)cc(N2CCC(C(=O)O)C2=O)c1. The van der Waals surface area contributed by atoms with Crippen LogP contribution in [0.3, 0.4) is 0 Å². The van der Waals surface area contributed by atoms with Crippen molar-refractivity contribution in [2.75, 3.05) is 11.4 Å². The first kappa shape index (κ1) is 11.6. The van der Waals surface area contributed by atoms with Crippen LogP contribution in [0.25, 0.3) is 0 Å². The molecule has 4 nitrogen and oxygen atoms in total. The lowest BCUT2D eigenvalue weighted by Gasteiger charge is -2.16. The summed E-state index contributed by atoms with van der Waals surface area (Å²) in [5.74, 6) is -3.02. The molecule has 1 aromatic carbocycles. The van der Waals surface area contributed by atoms with E-state index in [0.29, 0.717) is 17.8 Å². The fourth-order valence-electron chi connectivity index (χ4n) is 2.04. The van der Waals surface area contributed by atoms with Gasteiger partial charge in [-0.3, -0.25) is 9.59 Å². The average Bonchev–Trinajstić information content (AvgIpc) is 2.58. The maximum absolute atomic E-state index is 13.2. The molecule has 0 radical (unpaired) electrons. The summed E-state index contributed by atoms with van der Waals surface area (Å²) in [5.41, 5.74) is 1.13. The predicted octanol–water partition coefficient (Wildman–Crippen LogP) is 1.57. The van der Waals surface area contributed by atoms with Gasteiger partial charge in [0.1, 0.15) is 11.7 Å². The number of rotatable bonds is 2. The Morgan fingerprint density at radius 3 is 2.71 bits per heavy atom. The maximum Gasteiger partial charge on any atom is 0.316 e. The highest BCUT2D eigenvalue weighted by atomic mass is 19.1. The van der Waals surface area contributed by atoms with Gasteiger partial charge in [-0.25, -0.2) is 4.39 Å². The van der Waals surface area contributed by atoms with Gasteiger partial charge in [0.25, 0.3) is 0 Å². The van der Waals surface area contributed by atoms with Crippen molar-refractivity contribution in [1.82, 2.24) is 0 Å². The van der Waals surface area contributed by atoms with Crippen LogP contribution in [0, 0.1) is 18.7 Å². The van der Waals surface area contributed by atoms with Crippen LogP contribution >= 0.6 is 0 Å². The van der Waals surface area contributed by atoms with Crippen molar-refractivity contribution in [1.29, 1.82) is 0 Å². The van der Waals surface area contributed by atoms with Crippen molar-refractivity contribution >= 4 is 17.6 Å². The van der Waals surface area contributed by atoms with E-state index in [2.05, 4.69) is 0 Å². The molecule has 1 heterocycles. The van der Waals surface area contributed by atoms with Crippen LogP contribution < -0.4 is 4.90 Å². The lowest BCUT2D eigenvalue weighted by Crippen LogP contribution is -2.30. The molecule has 0 saturated carbocycles. The highest BCUT2D eigenvalue weighted by molar-refractivity contribution is 6.07. The summed E-state index contributed by atoms with van der Waals surface area (Å²) in [6.45, 7) is 2.04. The monoisotopic (exact) mass is 237 g/mol. The molecule has 1 N–H and O–H groups in total. The zero-order valence-electron chi connectivity index (χ0n) is 9.31. The second kappa shape index (κ2) is 4.16. The predicted molar refractivity (Wildman–Crippen MR) is 59.2 cm³/mol. The van der Waals surface area contributed by atoms with Gasteiger partial charge in [0.2, 0.25) is 5.91 Å². The Morgan fingerprint density at radius 2 is 2.18 bits per heavy atom. The van der Waals surface area contributed by atoms with Crippen molar-refractivity contribution in [3.8, 4) is 0 Å². The van der Waals surface area contributed by atoms with Gasteiger partial charge in [0.05, 0.1) is 0 Å². The van der Waals surface area contributed by atoms with Crippen LogP contribution in [0.15, 0.2) is 18.2 Å². The van der Waals surface area contributed by atoms with Gasteiger partial charge < -0.3 is 10.0 Å². The number of carbonyl (C=O) groups excluding carboxylic acids is 1. The number of amides is 1. The summed E-state index contributed by atoms with van der Waals surface area (Å²) < 4.78 is 13.2. The molecule has 1 unspecified atom stereocenters. The molecule has 0 aromatic heterocycles. The molecule has 90 valence electrons. The number of hydrogen-bond donors (Lipinski definition) is 1. The van der Waals surface area contributed by atoms with Crippen LogP contribution in [0.4, 0.5) is 10.1 Å². The molecular formula is C12H12FNO3. The van der Waals surface area contributed by atoms with Crippen molar-refractivity contribution in [3.05, 3.63) is 29.6 Å². The van der Waals surface area contributed by atoms with E-state index in [-0.39, 0.29) is 6.42 Å². The number of benzene rings is 1. The molecule has 17 heavy (non-hydrogen) atoms. The molecule has 5 heteroatoms. The summed E-state index contributed by atoms with van der Waals surface area (Å²) >= 11 is 0. The lowest BCUT2D eigenvalue weighted by molar-refractivity contribution is -0.144. The van der Waals surface area contributed by atoms with Gasteiger partial charge in [-0.2, -0.15) is 0 Å². The van der Waals surface area contributed by atoms with Crippen LogP contribution in [-0.2, 0) is 9.59 Å². The van der Waals surface area contributed by atoms with Crippen LogP contribution in [0.5, 0.6) is 0 Å². The van der Waals surface area contributed by atoms with E-state index in [4.69, 9.17) is 5.11 Å². The smallest absolute Gasteiger partial charge is 0.316 e. The van der Waals surface area contributed by atoms with Crippen LogP contribution in [0.2, 0.25) is 0 Å². The second-order valence-corrected chi connectivity index (χ2v) is 4.16. The number of hydrogen-bond acceptors (Lipinski definition) is 2. The summed E-state index contributed by atoms with van der Waals surface area (Å²) in [4.78, 5) is 23.9. The molecule has 2 rings (SSSR count). The van der Waals surface area contributed by atoms with Crippen molar-refractivity contribution in [2.45, 2.75) is 13.3 Å². The molecule has 1 saturated heterocycles. The molecule has 0 bridgehead atoms. The largest absolute Gasteiger partial charge is 0.481 e. The van der Waals surface area contributed by atoms with Gasteiger partial charge in [-0.1, -0.05) is 0 Å².